The van der Waals surface area contributed by atoms with Gasteiger partial charge in [0.25, 0.3) is 0 Å². The zero-order valence-corrected chi connectivity index (χ0v) is 7.61. The zero-order valence-electron chi connectivity index (χ0n) is 7.61. The SMILES string of the molecule is C=C/C=C(\C=C(/C)[N+](=O)[O-])C(C)=O. The summed E-state index contributed by atoms with van der Waals surface area (Å²) in [6, 6.07) is 0. The van der Waals surface area contributed by atoms with E-state index >= 15 is 0 Å². The van der Waals surface area contributed by atoms with Gasteiger partial charge in [0.05, 0.1) is 4.92 Å². The van der Waals surface area contributed by atoms with Crippen molar-refractivity contribution < 1.29 is 9.72 Å². The first-order chi connectivity index (χ1) is 5.99. The lowest BCUT2D eigenvalue weighted by atomic mass is 10.1. The average molecular weight is 181 g/mol. The minimum atomic E-state index is -0.542. The molecule has 0 unspecified atom stereocenters. The van der Waals surface area contributed by atoms with Gasteiger partial charge in [-0.1, -0.05) is 18.7 Å². The second-order valence-electron chi connectivity index (χ2n) is 2.46. The molecule has 0 rings (SSSR count). The van der Waals surface area contributed by atoms with Crippen molar-refractivity contribution in [1.29, 1.82) is 0 Å². The molecule has 0 aliphatic heterocycles. The molecule has 4 nitrogen and oxygen atoms in total. The molecule has 0 spiro atoms. The van der Waals surface area contributed by atoms with Gasteiger partial charge in [0.2, 0.25) is 5.70 Å². The Labute approximate surface area is 76.4 Å². The first-order valence-electron chi connectivity index (χ1n) is 3.65. The molecule has 4 heteroatoms. The second-order valence-corrected chi connectivity index (χ2v) is 2.46. The molecule has 0 aromatic rings. The van der Waals surface area contributed by atoms with Gasteiger partial charge in [-0.3, -0.25) is 14.9 Å². The highest BCUT2D eigenvalue weighted by Crippen LogP contribution is 2.04. The van der Waals surface area contributed by atoms with Crippen molar-refractivity contribution in [2.45, 2.75) is 13.8 Å². The van der Waals surface area contributed by atoms with Crippen LogP contribution in [0, 0.1) is 10.1 Å². The van der Waals surface area contributed by atoms with E-state index in [-0.39, 0.29) is 17.1 Å². The minimum absolute atomic E-state index is 0.0664. The molecule has 0 N–H and O–H groups in total. The van der Waals surface area contributed by atoms with Crippen LogP contribution in [0.4, 0.5) is 0 Å². The van der Waals surface area contributed by atoms with Gasteiger partial charge in [-0.15, -0.1) is 0 Å². The smallest absolute Gasteiger partial charge is 0.243 e. The van der Waals surface area contributed by atoms with Crippen molar-refractivity contribution in [2.75, 3.05) is 0 Å². The Morgan fingerprint density at radius 1 is 1.46 bits per heavy atom. The highest BCUT2D eigenvalue weighted by Gasteiger charge is 2.06. The molecule has 0 fully saturated rings. The van der Waals surface area contributed by atoms with Crippen LogP contribution in [0.2, 0.25) is 0 Å². The van der Waals surface area contributed by atoms with E-state index in [1.54, 1.807) is 0 Å². The van der Waals surface area contributed by atoms with E-state index in [4.69, 9.17) is 0 Å². The van der Waals surface area contributed by atoms with Gasteiger partial charge in [0.15, 0.2) is 5.78 Å². The summed E-state index contributed by atoms with van der Waals surface area (Å²) in [5.41, 5.74) is 0.215. The highest BCUT2D eigenvalue weighted by molar-refractivity contribution is 5.96. The van der Waals surface area contributed by atoms with E-state index in [1.807, 2.05) is 0 Å². The van der Waals surface area contributed by atoms with E-state index < -0.39 is 4.92 Å². The third-order valence-corrected chi connectivity index (χ3v) is 1.36. The van der Waals surface area contributed by atoms with Crippen LogP contribution < -0.4 is 0 Å². The predicted molar refractivity (Wildman–Crippen MR) is 49.7 cm³/mol. The molecule has 0 aromatic heterocycles. The number of allylic oxidation sites excluding steroid dienone is 5. The first kappa shape index (κ1) is 11.3. The van der Waals surface area contributed by atoms with Gasteiger partial charge >= 0.3 is 0 Å². The number of carbonyl (C=O) groups is 1. The summed E-state index contributed by atoms with van der Waals surface area (Å²) >= 11 is 0. The molecule has 0 bridgehead atoms. The number of ketones is 1. The molecular weight excluding hydrogens is 170 g/mol. The molecular formula is C9H11NO3. The Morgan fingerprint density at radius 2 is 2.00 bits per heavy atom. The number of Topliss-reactive ketones (excluding diaryl/α,β-unsaturated/α-hetero) is 1. The Morgan fingerprint density at radius 3 is 2.31 bits per heavy atom. The largest absolute Gasteiger partial charge is 0.295 e. The summed E-state index contributed by atoms with van der Waals surface area (Å²) in [6.07, 6.45) is 4.08. The minimum Gasteiger partial charge on any atom is -0.295 e. The monoisotopic (exact) mass is 181 g/mol. The molecule has 0 aromatic carbocycles. The fraction of sp³-hybridized carbons (Fsp3) is 0.222. The van der Waals surface area contributed by atoms with Crippen molar-refractivity contribution in [3.63, 3.8) is 0 Å². The molecule has 13 heavy (non-hydrogen) atoms. The number of hydrogen-bond acceptors (Lipinski definition) is 3. The molecule has 0 saturated carbocycles. The predicted octanol–water partition coefficient (Wildman–Crippen LogP) is 1.87. The van der Waals surface area contributed by atoms with E-state index in [2.05, 4.69) is 6.58 Å². The van der Waals surface area contributed by atoms with Crippen LogP contribution in [0.15, 0.2) is 36.1 Å². The van der Waals surface area contributed by atoms with Gasteiger partial charge in [-0.2, -0.15) is 0 Å². The van der Waals surface area contributed by atoms with Crippen LogP contribution in [0.1, 0.15) is 13.8 Å². The zero-order chi connectivity index (χ0) is 10.4. The maximum atomic E-state index is 10.9. The third kappa shape index (κ3) is 4.00. The topological polar surface area (TPSA) is 60.2 Å². The Balaban J connectivity index is 4.91. The van der Waals surface area contributed by atoms with Gasteiger partial charge < -0.3 is 0 Å². The van der Waals surface area contributed by atoms with Crippen LogP contribution in [-0.4, -0.2) is 10.7 Å². The molecule has 70 valence electrons. The van der Waals surface area contributed by atoms with Crippen molar-refractivity contribution >= 4 is 5.78 Å². The van der Waals surface area contributed by atoms with Crippen LogP contribution in [-0.2, 0) is 4.79 Å². The fourth-order valence-electron chi connectivity index (χ4n) is 0.672. The maximum Gasteiger partial charge on any atom is 0.243 e. The number of hydrogen-bond donors (Lipinski definition) is 0. The lowest BCUT2D eigenvalue weighted by Crippen LogP contribution is -1.98. The quantitative estimate of drug-likeness (QED) is 0.288. The molecule has 0 radical (unpaired) electrons. The summed E-state index contributed by atoms with van der Waals surface area (Å²) < 4.78 is 0. The number of nitro groups is 1. The van der Waals surface area contributed by atoms with Crippen molar-refractivity contribution in [3.8, 4) is 0 Å². The van der Waals surface area contributed by atoms with Gasteiger partial charge in [0.1, 0.15) is 0 Å². The Hall–Kier alpha value is -1.71. The van der Waals surface area contributed by atoms with E-state index in [0.717, 1.165) is 0 Å². The van der Waals surface area contributed by atoms with Crippen molar-refractivity contribution in [1.82, 2.24) is 0 Å². The molecule has 0 atom stereocenters. The van der Waals surface area contributed by atoms with E-state index in [9.17, 15) is 14.9 Å². The number of nitrogens with zero attached hydrogens (tertiary/aromatic N) is 1. The summed E-state index contributed by atoms with van der Waals surface area (Å²) in [5, 5.41) is 10.2. The highest BCUT2D eigenvalue weighted by atomic mass is 16.6. The van der Waals surface area contributed by atoms with Crippen molar-refractivity contribution in [3.05, 3.63) is 46.2 Å². The van der Waals surface area contributed by atoms with Crippen LogP contribution in [0.25, 0.3) is 0 Å². The van der Waals surface area contributed by atoms with Crippen LogP contribution in [0.3, 0.4) is 0 Å². The summed E-state index contributed by atoms with van der Waals surface area (Å²) in [5.74, 6) is -0.221. The number of carbonyl (C=O) groups excluding carboxylic acids is 1. The second kappa shape index (κ2) is 5.03. The number of rotatable bonds is 4. The normalized spacial score (nSPS) is 12.5. The van der Waals surface area contributed by atoms with Gasteiger partial charge in [0, 0.05) is 18.6 Å². The molecule has 0 aliphatic carbocycles. The lowest BCUT2D eigenvalue weighted by Gasteiger charge is -1.93. The summed E-state index contributed by atoms with van der Waals surface area (Å²) in [7, 11) is 0. The average Bonchev–Trinajstić information content (AvgIpc) is 2.03. The Kier molecular flexibility index (Phi) is 4.37. The van der Waals surface area contributed by atoms with Crippen LogP contribution >= 0.6 is 0 Å². The molecule has 0 aliphatic rings. The van der Waals surface area contributed by atoms with E-state index in [0.29, 0.717) is 0 Å². The molecule has 0 saturated heterocycles. The first-order valence-corrected chi connectivity index (χ1v) is 3.65. The van der Waals surface area contributed by atoms with Crippen LogP contribution in [0.5, 0.6) is 0 Å². The van der Waals surface area contributed by atoms with Crippen molar-refractivity contribution in [2.24, 2.45) is 0 Å². The van der Waals surface area contributed by atoms with E-state index in [1.165, 1.54) is 32.1 Å². The third-order valence-electron chi connectivity index (χ3n) is 1.36. The lowest BCUT2D eigenvalue weighted by molar-refractivity contribution is -0.424. The molecule has 0 heterocycles. The van der Waals surface area contributed by atoms with Gasteiger partial charge in [-0.05, 0) is 6.92 Å². The Bertz CT molecular complexity index is 300. The standard InChI is InChI=1S/C9H11NO3/c1-4-5-9(8(3)11)6-7(2)10(12)13/h4-6H,1H2,2-3H3/b7-6+,9-5+. The molecule has 0 amide bonds. The fourth-order valence-corrected chi connectivity index (χ4v) is 0.672. The summed E-state index contributed by atoms with van der Waals surface area (Å²) in [6.45, 7) is 6.09. The summed E-state index contributed by atoms with van der Waals surface area (Å²) in [4.78, 5) is 20.6. The van der Waals surface area contributed by atoms with Gasteiger partial charge in [-0.25, -0.2) is 0 Å². The maximum absolute atomic E-state index is 10.9.